The molecule has 0 heterocycles. The van der Waals surface area contributed by atoms with E-state index in [-0.39, 0.29) is 11.7 Å². The largest absolute Gasteiger partial charge is 0.381 e. The number of hydrogen-bond acceptors (Lipinski definition) is 3. The zero-order chi connectivity index (χ0) is 13.1. The minimum Gasteiger partial charge on any atom is -0.381 e. The normalized spacial score (nSPS) is 17.0. The molecule has 1 aliphatic rings. The molecule has 1 saturated carbocycles. The number of nitro benzene ring substituents is 1. The molecule has 1 fully saturated rings. The smallest absolute Gasteiger partial charge is 0.271 e. The highest BCUT2D eigenvalue weighted by Gasteiger charge is 2.20. The molecule has 1 unspecified atom stereocenters. The molecule has 5 heteroatoms. The number of anilines is 1. The van der Waals surface area contributed by atoms with Crippen molar-refractivity contribution in [3.63, 3.8) is 0 Å². The zero-order valence-electron chi connectivity index (χ0n) is 10.4. The van der Waals surface area contributed by atoms with E-state index in [1.807, 2.05) is 0 Å². The summed E-state index contributed by atoms with van der Waals surface area (Å²) < 4.78 is 0. The molecule has 18 heavy (non-hydrogen) atoms. The number of benzene rings is 1. The Morgan fingerprint density at radius 2 is 2.28 bits per heavy atom. The van der Waals surface area contributed by atoms with Crippen LogP contribution in [0.5, 0.6) is 0 Å². The number of hydrogen-bond donors (Lipinski definition) is 1. The van der Waals surface area contributed by atoms with Crippen LogP contribution < -0.4 is 5.32 Å². The van der Waals surface area contributed by atoms with E-state index in [1.54, 1.807) is 6.07 Å². The van der Waals surface area contributed by atoms with Gasteiger partial charge in [-0.3, -0.25) is 10.1 Å². The van der Waals surface area contributed by atoms with Gasteiger partial charge in [-0.15, -0.1) is 0 Å². The molecular formula is C13H17ClN2O2. The highest BCUT2D eigenvalue weighted by Crippen LogP contribution is 2.32. The average Bonchev–Trinajstić information content (AvgIpc) is 2.26. The summed E-state index contributed by atoms with van der Waals surface area (Å²) in [6, 6.07) is 4.77. The van der Waals surface area contributed by atoms with Crippen molar-refractivity contribution in [3.05, 3.63) is 33.3 Å². The van der Waals surface area contributed by atoms with Gasteiger partial charge in [-0.05, 0) is 25.3 Å². The molecule has 0 aromatic heterocycles. The van der Waals surface area contributed by atoms with Crippen molar-refractivity contribution in [3.8, 4) is 0 Å². The third-order valence-electron chi connectivity index (χ3n) is 3.47. The number of nitrogens with one attached hydrogen (secondary N) is 1. The highest BCUT2D eigenvalue weighted by atomic mass is 35.5. The van der Waals surface area contributed by atoms with Gasteiger partial charge in [-0.1, -0.05) is 30.9 Å². The second-order valence-corrected chi connectivity index (χ2v) is 5.41. The van der Waals surface area contributed by atoms with E-state index in [9.17, 15) is 10.1 Å². The van der Waals surface area contributed by atoms with Gasteiger partial charge in [-0.2, -0.15) is 0 Å². The summed E-state index contributed by atoms with van der Waals surface area (Å²) >= 11 is 6.04. The molecule has 0 amide bonds. The highest BCUT2D eigenvalue weighted by molar-refractivity contribution is 6.33. The third kappa shape index (κ3) is 3.13. The molecule has 0 saturated heterocycles. The zero-order valence-corrected chi connectivity index (χ0v) is 11.1. The van der Waals surface area contributed by atoms with Crippen LogP contribution in [0.3, 0.4) is 0 Å². The van der Waals surface area contributed by atoms with Gasteiger partial charge < -0.3 is 5.32 Å². The Labute approximate surface area is 111 Å². The van der Waals surface area contributed by atoms with E-state index in [0.717, 1.165) is 12.3 Å². The lowest BCUT2D eigenvalue weighted by atomic mass is 9.81. The van der Waals surface area contributed by atoms with Gasteiger partial charge in [0.1, 0.15) is 0 Å². The van der Waals surface area contributed by atoms with Crippen molar-refractivity contribution >= 4 is 23.0 Å². The van der Waals surface area contributed by atoms with Gasteiger partial charge in [0.15, 0.2) is 0 Å². The number of non-ortho nitro benzene ring substituents is 1. The van der Waals surface area contributed by atoms with Crippen molar-refractivity contribution in [1.29, 1.82) is 0 Å². The van der Waals surface area contributed by atoms with E-state index in [4.69, 9.17) is 11.6 Å². The summed E-state index contributed by atoms with van der Waals surface area (Å²) in [4.78, 5) is 10.3. The van der Waals surface area contributed by atoms with Crippen molar-refractivity contribution in [2.24, 2.45) is 5.92 Å². The quantitative estimate of drug-likeness (QED) is 0.642. The topological polar surface area (TPSA) is 55.2 Å². The fourth-order valence-electron chi connectivity index (χ4n) is 2.29. The van der Waals surface area contributed by atoms with Gasteiger partial charge in [-0.25, -0.2) is 0 Å². The Kier molecular flexibility index (Phi) is 4.07. The van der Waals surface area contributed by atoms with Gasteiger partial charge >= 0.3 is 0 Å². The van der Waals surface area contributed by atoms with Crippen LogP contribution in [-0.4, -0.2) is 11.0 Å². The van der Waals surface area contributed by atoms with E-state index >= 15 is 0 Å². The van der Waals surface area contributed by atoms with E-state index < -0.39 is 4.92 Å². The molecule has 1 aromatic rings. The van der Waals surface area contributed by atoms with E-state index in [0.29, 0.717) is 10.7 Å². The molecule has 1 N–H and O–H groups in total. The first-order valence-corrected chi connectivity index (χ1v) is 6.64. The van der Waals surface area contributed by atoms with Crippen LogP contribution >= 0.6 is 11.6 Å². The molecular weight excluding hydrogens is 252 g/mol. The van der Waals surface area contributed by atoms with Crippen LogP contribution in [0.1, 0.15) is 32.6 Å². The second kappa shape index (κ2) is 5.57. The lowest BCUT2D eigenvalue weighted by Crippen LogP contribution is -2.23. The van der Waals surface area contributed by atoms with Crippen LogP contribution in [0.2, 0.25) is 5.02 Å². The Morgan fingerprint density at radius 1 is 1.56 bits per heavy atom. The number of nitrogens with zero attached hydrogens (tertiary/aromatic N) is 1. The molecule has 0 aliphatic heterocycles. The summed E-state index contributed by atoms with van der Waals surface area (Å²) in [5.74, 6) is 0.796. The molecule has 0 bridgehead atoms. The second-order valence-electron chi connectivity index (χ2n) is 5.00. The minimum absolute atomic E-state index is 0.0674. The fraction of sp³-hybridized carbons (Fsp3) is 0.538. The van der Waals surface area contributed by atoms with Crippen LogP contribution in [0.15, 0.2) is 18.2 Å². The van der Waals surface area contributed by atoms with Crippen molar-refractivity contribution in [2.75, 3.05) is 5.32 Å². The maximum atomic E-state index is 10.7. The first-order chi connectivity index (χ1) is 8.56. The van der Waals surface area contributed by atoms with Crippen molar-refractivity contribution in [1.82, 2.24) is 0 Å². The molecule has 1 aromatic carbocycles. The number of rotatable bonds is 5. The van der Waals surface area contributed by atoms with Crippen molar-refractivity contribution < 1.29 is 4.92 Å². The molecule has 98 valence electrons. The van der Waals surface area contributed by atoms with E-state index in [1.165, 1.54) is 31.4 Å². The van der Waals surface area contributed by atoms with E-state index in [2.05, 4.69) is 12.2 Å². The summed E-state index contributed by atoms with van der Waals surface area (Å²) in [7, 11) is 0. The SMILES string of the molecule is CC(CC1CCC1)Nc1cc([N+](=O)[O-])ccc1Cl. The van der Waals surface area contributed by atoms with Gasteiger partial charge in [0.2, 0.25) is 0 Å². The molecule has 0 radical (unpaired) electrons. The lowest BCUT2D eigenvalue weighted by Gasteiger charge is -2.29. The first-order valence-electron chi connectivity index (χ1n) is 6.26. The molecule has 0 spiro atoms. The minimum atomic E-state index is -0.405. The summed E-state index contributed by atoms with van der Waals surface area (Å²) in [5.41, 5.74) is 0.718. The maximum Gasteiger partial charge on any atom is 0.271 e. The molecule has 1 aliphatic carbocycles. The standard InChI is InChI=1S/C13H17ClN2O2/c1-9(7-10-3-2-4-10)15-13-8-11(16(17)18)5-6-12(13)14/h5-6,8-10,15H,2-4,7H2,1H3. The first kappa shape index (κ1) is 13.1. The molecule has 1 atom stereocenters. The predicted molar refractivity (Wildman–Crippen MR) is 73.1 cm³/mol. The summed E-state index contributed by atoms with van der Waals surface area (Å²) in [6.07, 6.45) is 5.03. The Balaban J connectivity index is 2.02. The summed E-state index contributed by atoms with van der Waals surface area (Å²) in [6.45, 7) is 2.09. The molecule has 2 rings (SSSR count). The monoisotopic (exact) mass is 268 g/mol. The number of nitro groups is 1. The van der Waals surface area contributed by atoms with Crippen LogP contribution in [0, 0.1) is 16.0 Å². The number of halogens is 1. The lowest BCUT2D eigenvalue weighted by molar-refractivity contribution is -0.384. The van der Waals surface area contributed by atoms with Crippen LogP contribution in [0.4, 0.5) is 11.4 Å². The van der Waals surface area contributed by atoms with Crippen molar-refractivity contribution in [2.45, 2.75) is 38.6 Å². The Morgan fingerprint density at radius 3 is 2.83 bits per heavy atom. The van der Waals surface area contributed by atoms with Gasteiger partial charge in [0, 0.05) is 18.2 Å². The van der Waals surface area contributed by atoms with Gasteiger partial charge in [0.05, 0.1) is 15.6 Å². The average molecular weight is 269 g/mol. The Bertz CT molecular complexity index is 447. The summed E-state index contributed by atoms with van der Waals surface area (Å²) in [5, 5.41) is 14.5. The third-order valence-corrected chi connectivity index (χ3v) is 3.80. The van der Waals surface area contributed by atoms with Crippen LogP contribution in [-0.2, 0) is 0 Å². The predicted octanol–water partition coefficient (Wildman–Crippen LogP) is 4.24. The molecule has 4 nitrogen and oxygen atoms in total. The van der Waals surface area contributed by atoms with Crippen LogP contribution in [0.25, 0.3) is 0 Å². The van der Waals surface area contributed by atoms with Gasteiger partial charge in [0.25, 0.3) is 5.69 Å². The Hall–Kier alpha value is -1.29. The maximum absolute atomic E-state index is 10.7. The fourth-order valence-corrected chi connectivity index (χ4v) is 2.46.